The summed E-state index contributed by atoms with van der Waals surface area (Å²) in [5.74, 6) is 0.916. The molecular formula is C18H18FNO3. The van der Waals surface area contributed by atoms with Gasteiger partial charge < -0.3 is 14.4 Å². The van der Waals surface area contributed by atoms with Crippen molar-refractivity contribution in [3.63, 3.8) is 0 Å². The van der Waals surface area contributed by atoms with Gasteiger partial charge in [0.15, 0.2) is 11.5 Å². The number of carbonyl (C=O) groups is 1. The molecule has 0 aromatic heterocycles. The number of fused-ring (bicyclic) bond motifs is 1. The van der Waals surface area contributed by atoms with Gasteiger partial charge in [0.1, 0.15) is 5.82 Å². The lowest BCUT2D eigenvalue weighted by molar-refractivity contribution is 0.0734. The van der Waals surface area contributed by atoms with E-state index in [9.17, 15) is 9.18 Å². The molecule has 0 radical (unpaired) electrons. The van der Waals surface area contributed by atoms with Crippen molar-refractivity contribution in [1.29, 1.82) is 0 Å². The lowest BCUT2D eigenvalue weighted by Gasteiger charge is -2.29. The van der Waals surface area contributed by atoms with Crippen molar-refractivity contribution in [3.8, 4) is 11.5 Å². The van der Waals surface area contributed by atoms with Gasteiger partial charge in [-0.05, 0) is 53.9 Å². The minimum atomic E-state index is -0.345. The van der Waals surface area contributed by atoms with Crippen molar-refractivity contribution in [3.05, 3.63) is 58.9 Å². The maximum Gasteiger partial charge on any atom is 0.254 e. The monoisotopic (exact) mass is 315 g/mol. The third kappa shape index (κ3) is 2.99. The molecule has 0 aliphatic carbocycles. The van der Waals surface area contributed by atoms with Crippen molar-refractivity contribution in [2.45, 2.75) is 13.0 Å². The Bertz CT molecular complexity index is 728. The highest BCUT2D eigenvalue weighted by Crippen LogP contribution is 2.33. The fourth-order valence-corrected chi connectivity index (χ4v) is 2.83. The molecule has 0 unspecified atom stereocenters. The van der Waals surface area contributed by atoms with Crippen molar-refractivity contribution in [2.24, 2.45) is 0 Å². The van der Waals surface area contributed by atoms with Gasteiger partial charge in [-0.15, -0.1) is 0 Å². The summed E-state index contributed by atoms with van der Waals surface area (Å²) in [7, 11) is 3.20. The van der Waals surface area contributed by atoms with Crippen LogP contribution in [0.3, 0.4) is 0 Å². The number of hydrogen-bond donors (Lipinski definition) is 0. The van der Waals surface area contributed by atoms with E-state index in [1.165, 1.54) is 24.3 Å². The van der Waals surface area contributed by atoms with Crippen LogP contribution in [0.4, 0.5) is 4.39 Å². The second kappa shape index (κ2) is 6.28. The van der Waals surface area contributed by atoms with Crippen molar-refractivity contribution >= 4 is 5.91 Å². The number of rotatable bonds is 3. The Morgan fingerprint density at radius 2 is 1.65 bits per heavy atom. The number of nitrogens with zero attached hydrogens (tertiary/aromatic N) is 1. The molecule has 3 rings (SSSR count). The number of carbonyl (C=O) groups excluding carboxylic acids is 1. The summed E-state index contributed by atoms with van der Waals surface area (Å²) in [4.78, 5) is 14.3. The van der Waals surface area contributed by atoms with E-state index in [1.807, 2.05) is 12.1 Å². The van der Waals surface area contributed by atoms with Gasteiger partial charge in [0, 0.05) is 18.7 Å². The zero-order valence-electron chi connectivity index (χ0n) is 13.1. The van der Waals surface area contributed by atoms with Crippen LogP contribution >= 0.6 is 0 Å². The van der Waals surface area contributed by atoms with Crippen LogP contribution in [0.25, 0.3) is 0 Å². The van der Waals surface area contributed by atoms with E-state index in [1.54, 1.807) is 19.1 Å². The predicted octanol–water partition coefficient (Wildman–Crippen LogP) is 3.04. The molecule has 0 spiro atoms. The Hall–Kier alpha value is -2.56. The molecule has 0 bridgehead atoms. The zero-order chi connectivity index (χ0) is 16.4. The molecule has 0 atom stereocenters. The summed E-state index contributed by atoms with van der Waals surface area (Å²) in [6, 6.07) is 9.52. The molecule has 5 heteroatoms. The quantitative estimate of drug-likeness (QED) is 0.874. The van der Waals surface area contributed by atoms with Gasteiger partial charge in [0.05, 0.1) is 14.2 Å². The maximum absolute atomic E-state index is 13.0. The SMILES string of the molecule is COc1cc2c(cc1OC)CN(C(=O)c1ccc(F)cc1)CC2. The van der Waals surface area contributed by atoms with Crippen LogP contribution in [-0.4, -0.2) is 31.6 Å². The average Bonchev–Trinajstić information content (AvgIpc) is 2.60. The first-order valence-corrected chi connectivity index (χ1v) is 7.41. The molecule has 23 heavy (non-hydrogen) atoms. The molecule has 120 valence electrons. The van der Waals surface area contributed by atoms with Crippen LogP contribution in [0, 0.1) is 5.82 Å². The molecule has 2 aromatic rings. The van der Waals surface area contributed by atoms with E-state index >= 15 is 0 Å². The minimum Gasteiger partial charge on any atom is -0.493 e. The van der Waals surface area contributed by atoms with Crippen LogP contribution in [0.2, 0.25) is 0 Å². The fraction of sp³-hybridized carbons (Fsp3) is 0.278. The second-order valence-corrected chi connectivity index (χ2v) is 5.46. The van der Waals surface area contributed by atoms with E-state index in [0.717, 1.165) is 17.5 Å². The average molecular weight is 315 g/mol. The summed E-state index contributed by atoms with van der Waals surface area (Å²) in [6.45, 7) is 1.13. The molecule has 0 fully saturated rings. The summed E-state index contributed by atoms with van der Waals surface area (Å²) in [6.07, 6.45) is 0.753. The molecule has 0 saturated heterocycles. The molecule has 0 saturated carbocycles. The first-order valence-electron chi connectivity index (χ1n) is 7.41. The number of benzene rings is 2. The van der Waals surface area contributed by atoms with Gasteiger partial charge in [-0.3, -0.25) is 4.79 Å². The Balaban J connectivity index is 1.84. The molecule has 1 aliphatic heterocycles. The first kappa shape index (κ1) is 15.3. The van der Waals surface area contributed by atoms with Crippen molar-refractivity contribution in [2.75, 3.05) is 20.8 Å². The van der Waals surface area contributed by atoms with Crippen LogP contribution in [0.1, 0.15) is 21.5 Å². The lowest BCUT2D eigenvalue weighted by atomic mass is 9.98. The van der Waals surface area contributed by atoms with Crippen LogP contribution in [0.15, 0.2) is 36.4 Å². The largest absolute Gasteiger partial charge is 0.493 e. The minimum absolute atomic E-state index is 0.0922. The van der Waals surface area contributed by atoms with Crippen molar-refractivity contribution in [1.82, 2.24) is 4.90 Å². The molecule has 0 N–H and O–H groups in total. The third-order valence-electron chi connectivity index (χ3n) is 4.10. The Morgan fingerprint density at radius 3 is 2.26 bits per heavy atom. The zero-order valence-corrected chi connectivity index (χ0v) is 13.1. The summed E-state index contributed by atoms with van der Waals surface area (Å²) in [5, 5.41) is 0. The van der Waals surface area contributed by atoms with Crippen LogP contribution in [-0.2, 0) is 13.0 Å². The van der Waals surface area contributed by atoms with Gasteiger partial charge in [0.2, 0.25) is 0 Å². The van der Waals surface area contributed by atoms with E-state index in [4.69, 9.17) is 9.47 Å². The molecule has 2 aromatic carbocycles. The summed E-state index contributed by atoms with van der Waals surface area (Å²) < 4.78 is 23.6. The van der Waals surface area contributed by atoms with Gasteiger partial charge in [-0.25, -0.2) is 4.39 Å². The van der Waals surface area contributed by atoms with E-state index in [0.29, 0.717) is 30.2 Å². The van der Waals surface area contributed by atoms with Gasteiger partial charge in [-0.2, -0.15) is 0 Å². The Kier molecular flexibility index (Phi) is 4.19. The fourth-order valence-electron chi connectivity index (χ4n) is 2.83. The molecule has 1 amide bonds. The van der Waals surface area contributed by atoms with E-state index < -0.39 is 0 Å². The summed E-state index contributed by atoms with van der Waals surface area (Å²) >= 11 is 0. The summed E-state index contributed by atoms with van der Waals surface area (Å²) in [5.41, 5.74) is 2.70. The molecular weight excluding hydrogens is 297 g/mol. The predicted molar refractivity (Wildman–Crippen MR) is 84.4 cm³/mol. The molecule has 1 heterocycles. The highest BCUT2D eigenvalue weighted by molar-refractivity contribution is 5.94. The molecule has 1 aliphatic rings. The highest BCUT2D eigenvalue weighted by Gasteiger charge is 2.23. The Morgan fingerprint density at radius 1 is 1.04 bits per heavy atom. The van der Waals surface area contributed by atoms with E-state index in [-0.39, 0.29) is 11.7 Å². The van der Waals surface area contributed by atoms with Gasteiger partial charge >= 0.3 is 0 Å². The number of hydrogen-bond acceptors (Lipinski definition) is 3. The Labute approximate surface area is 134 Å². The smallest absolute Gasteiger partial charge is 0.254 e. The maximum atomic E-state index is 13.0. The number of methoxy groups -OCH3 is 2. The third-order valence-corrected chi connectivity index (χ3v) is 4.10. The number of ether oxygens (including phenoxy) is 2. The van der Waals surface area contributed by atoms with Crippen molar-refractivity contribution < 1.29 is 18.7 Å². The topological polar surface area (TPSA) is 38.8 Å². The second-order valence-electron chi connectivity index (χ2n) is 5.46. The highest BCUT2D eigenvalue weighted by atomic mass is 19.1. The number of amides is 1. The molecule has 4 nitrogen and oxygen atoms in total. The standard InChI is InChI=1S/C18H18FNO3/c1-22-16-9-13-7-8-20(11-14(13)10-17(16)23-2)18(21)12-3-5-15(19)6-4-12/h3-6,9-10H,7-8,11H2,1-2H3. The van der Waals surface area contributed by atoms with Crippen LogP contribution < -0.4 is 9.47 Å². The van der Waals surface area contributed by atoms with Gasteiger partial charge in [-0.1, -0.05) is 0 Å². The lowest BCUT2D eigenvalue weighted by Crippen LogP contribution is -2.36. The first-order chi connectivity index (χ1) is 11.1. The number of halogens is 1. The normalized spacial score (nSPS) is 13.4. The van der Waals surface area contributed by atoms with Crippen LogP contribution in [0.5, 0.6) is 11.5 Å². The van der Waals surface area contributed by atoms with Gasteiger partial charge in [0.25, 0.3) is 5.91 Å². The van der Waals surface area contributed by atoms with E-state index in [2.05, 4.69) is 0 Å².